The van der Waals surface area contributed by atoms with Crippen molar-refractivity contribution in [1.29, 1.82) is 5.26 Å². The first kappa shape index (κ1) is 16.7. The number of aromatic amines is 1. The molecule has 1 unspecified atom stereocenters. The highest BCUT2D eigenvalue weighted by Crippen LogP contribution is 2.15. The van der Waals surface area contributed by atoms with Crippen LogP contribution in [0.5, 0.6) is 0 Å². The third-order valence-electron chi connectivity index (χ3n) is 4.14. The molecule has 2 rings (SSSR count). The normalized spacial score (nSPS) is 17.3. The van der Waals surface area contributed by atoms with E-state index in [0.29, 0.717) is 30.6 Å². The van der Waals surface area contributed by atoms with Crippen LogP contribution in [0, 0.1) is 25.2 Å². The predicted molar refractivity (Wildman–Crippen MR) is 83.7 cm³/mol. The van der Waals surface area contributed by atoms with Crippen molar-refractivity contribution in [3.8, 4) is 6.07 Å². The van der Waals surface area contributed by atoms with Gasteiger partial charge in [0.2, 0.25) is 11.8 Å². The number of nitriles is 1. The molecule has 1 aromatic rings. The van der Waals surface area contributed by atoms with E-state index < -0.39 is 11.6 Å². The Morgan fingerprint density at radius 1 is 1.39 bits per heavy atom. The number of H-pyrrole nitrogens is 1. The van der Waals surface area contributed by atoms with Crippen molar-refractivity contribution >= 4 is 11.8 Å². The van der Waals surface area contributed by atoms with E-state index in [4.69, 9.17) is 5.26 Å². The Balaban J connectivity index is 2.03. The van der Waals surface area contributed by atoms with Gasteiger partial charge in [-0.25, -0.2) is 0 Å². The minimum atomic E-state index is -0.469. The first-order valence-corrected chi connectivity index (χ1v) is 7.63. The van der Waals surface area contributed by atoms with Crippen LogP contribution in [-0.2, 0) is 16.0 Å². The highest BCUT2D eigenvalue weighted by Gasteiger charge is 2.23. The second-order valence-corrected chi connectivity index (χ2v) is 5.72. The molecule has 1 atom stereocenters. The molecule has 0 aliphatic carbocycles. The van der Waals surface area contributed by atoms with Crippen molar-refractivity contribution in [3.63, 3.8) is 0 Å². The molecule has 0 spiro atoms. The molecule has 2 heterocycles. The van der Waals surface area contributed by atoms with Gasteiger partial charge in [-0.2, -0.15) is 5.26 Å². The highest BCUT2D eigenvalue weighted by atomic mass is 16.2. The Kier molecular flexibility index (Phi) is 5.16. The molecular formula is C16H20N4O3. The first-order chi connectivity index (χ1) is 10.9. The zero-order valence-electron chi connectivity index (χ0n) is 13.3. The number of piperidine rings is 1. The number of nitrogens with one attached hydrogen (secondary N) is 3. The predicted octanol–water partition coefficient (Wildman–Crippen LogP) is 0.191. The molecule has 23 heavy (non-hydrogen) atoms. The number of carbonyl (C=O) groups excluding carboxylic acids is 2. The highest BCUT2D eigenvalue weighted by molar-refractivity contribution is 5.88. The summed E-state index contributed by atoms with van der Waals surface area (Å²) in [7, 11) is 0. The number of hydrogen-bond acceptors (Lipinski definition) is 4. The summed E-state index contributed by atoms with van der Waals surface area (Å²) in [5.41, 5.74) is 1.74. The lowest BCUT2D eigenvalue weighted by Gasteiger charge is -2.22. The van der Waals surface area contributed by atoms with E-state index in [1.807, 2.05) is 6.07 Å². The molecule has 7 heteroatoms. The van der Waals surface area contributed by atoms with Gasteiger partial charge in [-0.3, -0.25) is 14.4 Å². The third-order valence-corrected chi connectivity index (χ3v) is 4.14. The lowest BCUT2D eigenvalue weighted by Crippen LogP contribution is -2.50. The van der Waals surface area contributed by atoms with Gasteiger partial charge in [0.15, 0.2) is 0 Å². The lowest BCUT2D eigenvalue weighted by atomic mass is 9.98. The summed E-state index contributed by atoms with van der Waals surface area (Å²) in [4.78, 5) is 38.0. The van der Waals surface area contributed by atoms with E-state index in [1.54, 1.807) is 13.8 Å². The van der Waals surface area contributed by atoms with Crippen molar-refractivity contribution in [2.45, 2.75) is 45.6 Å². The minimum absolute atomic E-state index is 0.0812. The van der Waals surface area contributed by atoms with Gasteiger partial charge >= 0.3 is 0 Å². The Morgan fingerprint density at radius 3 is 2.78 bits per heavy atom. The standard InChI is InChI=1S/C16H20N4O3/c1-9-11(10(2)19-15(22)12(9)8-17)5-6-14(21)20-13-4-3-7-18-16(13)23/h13H,3-7H2,1-2H3,(H,18,23)(H,19,22)(H,20,21). The Labute approximate surface area is 134 Å². The Morgan fingerprint density at radius 2 is 2.13 bits per heavy atom. The van der Waals surface area contributed by atoms with Gasteiger partial charge < -0.3 is 15.6 Å². The molecule has 0 bridgehead atoms. The van der Waals surface area contributed by atoms with E-state index in [1.165, 1.54) is 0 Å². The quantitative estimate of drug-likeness (QED) is 0.735. The lowest BCUT2D eigenvalue weighted by molar-refractivity contribution is -0.130. The van der Waals surface area contributed by atoms with Crippen LogP contribution >= 0.6 is 0 Å². The van der Waals surface area contributed by atoms with Crippen molar-refractivity contribution in [1.82, 2.24) is 15.6 Å². The number of nitrogens with zero attached hydrogens (tertiary/aromatic N) is 1. The van der Waals surface area contributed by atoms with Gasteiger partial charge in [0.05, 0.1) is 0 Å². The number of hydrogen-bond donors (Lipinski definition) is 3. The number of aromatic nitrogens is 1. The van der Waals surface area contributed by atoms with Gasteiger partial charge in [-0.05, 0) is 44.2 Å². The molecule has 1 saturated heterocycles. The summed E-state index contributed by atoms with van der Waals surface area (Å²) in [5, 5.41) is 14.5. The molecule has 0 saturated carbocycles. The third kappa shape index (κ3) is 3.77. The first-order valence-electron chi connectivity index (χ1n) is 7.63. The molecular weight excluding hydrogens is 296 g/mol. The maximum absolute atomic E-state index is 12.0. The Bertz CT molecular complexity index is 730. The van der Waals surface area contributed by atoms with Gasteiger partial charge in [-0.15, -0.1) is 0 Å². The molecule has 0 radical (unpaired) electrons. The van der Waals surface area contributed by atoms with E-state index >= 15 is 0 Å². The number of rotatable bonds is 4. The van der Waals surface area contributed by atoms with Crippen LogP contribution in [0.4, 0.5) is 0 Å². The zero-order valence-corrected chi connectivity index (χ0v) is 13.3. The molecule has 7 nitrogen and oxygen atoms in total. The van der Waals surface area contributed by atoms with Crippen LogP contribution in [-0.4, -0.2) is 29.4 Å². The molecule has 122 valence electrons. The van der Waals surface area contributed by atoms with Crippen molar-refractivity contribution in [2.24, 2.45) is 0 Å². The maximum Gasteiger partial charge on any atom is 0.266 e. The summed E-state index contributed by atoms with van der Waals surface area (Å²) in [6.45, 7) is 4.11. The van der Waals surface area contributed by atoms with Crippen LogP contribution in [0.2, 0.25) is 0 Å². The fourth-order valence-electron chi connectivity index (χ4n) is 2.84. The monoisotopic (exact) mass is 316 g/mol. The van der Waals surface area contributed by atoms with Crippen LogP contribution in [0.1, 0.15) is 41.6 Å². The van der Waals surface area contributed by atoms with Gasteiger partial charge in [0.1, 0.15) is 17.7 Å². The molecule has 1 fully saturated rings. The second kappa shape index (κ2) is 7.09. The average molecular weight is 316 g/mol. The van der Waals surface area contributed by atoms with Gasteiger partial charge in [0.25, 0.3) is 5.56 Å². The van der Waals surface area contributed by atoms with E-state index in [-0.39, 0.29) is 23.8 Å². The molecule has 1 aliphatic rings. The van der Waals surface area contributed by atoms with Crippen LogP contribution in [0.25, 0.3) is 0 Å². The summed E-state index contributed by atoms with van der Waals surface area (Å²) >= 11 is 0. The maximum atomic E-state index is 12.0. The topological polar surface area (TPSA) is 115 Å². The number of amides is 2. The Hall–Kier alpha value is -2.62. The van der Waals surface area contributed by atoms with Gasteiger partial charge in [0, 0.05) is 18.7 Å². The fraction of sp³-hybridized carbons (Fsp3) is 0.500. The molecule has 2 amide bonds. The van der Waals surface area contributed by atoms with Crippen molar-refractivity contribution in [3.05, 3.63) is 32.7 Å². The molecule has 1 aromatic heterocycles. The average Bonchev–Trinajstić information content (AvgIpc) is 2.49. The van der Waals surface area contributed by atoms with Crippen LogP contribution in [0.15, 0.2) is 4.79 Å². The minimum Gasteiger partial charge on any atom is -0.354 e. The van der Waals surface area contributed by atoms with Crippen LogP contribution < -0.4 is 16.2 Å². The summed E-state index contributed by atoms with van der Waals surface area (Å²) in [5.74, 6) is -0.358. The second-order valence-electron chi connectivity index (χ2n) is 5.72. The number of pyridine rings is 1. The van der Waals surface area contributed by atoms with Crippen LogP contribution in [0.3, 0.4) is 0 Å². The molecule has 3 N–H and O–H groups in total. The molecule has 0 aromatic carbocycles. The smallest absolute Gasteiger partial charge is 0.266 e. The zero-order chi connectivity index (χ0) is 17.0. The number of aryl methyl sites for hydroxylation is 1. The summed E-state index contributed by atoms with van der Waals surface area (Å²) in [6, 6.07) is 1.42. The largest absolute Gasteiger partial charge is 0.354 e. The van der Waals surface area contributed by atoms with Crippen molar-refractivity contribution < 1.29 is 9.59 Å². The van der Waals surface area contributed by atoms with Crippen molar-refractivity contribution in [2.75, 3.05) is 6.54 Å². The van der Waals surface area contributed by atoms with E-state index in [0.717, 1.165) is 12.0 Å². The SMILES string of the molecule is Cc1[nH]c(=O)c(C#N)c(C)c1CCC(=O)NC1CCCNC1=O. The molecule has 1 aliphatic heterocycles. The van der Waals surface area contributed by atoms with Gasteiger partial charge in [-0.1, -0.05) is 0 Å². The number of carbonyl (C=O) groups is 2. The summed E-state index contributed by atoms with van der Waals surface area (Å²) < 4.78 is 0. The van der Waals surface area contributed by atoms with E-state index in [9.17, 15) is 14.4 Å². The summed E-state index contributed by atoms with van der Waals surface area (Å²) in [6.07, 6.45) is 2.10. The fourth-order valence-corrected chi connectivity index (χ4v) is 2.84. The van der Waals surface area contributed by atoms with E-state index in [2.05, 4.69) is 15.6 Å².